The largest absolute Gasteiger partial charge is 0.480 e. The summed E-state index contributed by atoms with van der Waals surface area (Å²) in [5.74, 6) is -0.173. The van der Waals surface area contributed by atoms with Gasteiger partial charge in [0.1, 0.15) is 6.04 Å². The van der Waals surface area contributed by atoms with E-state index in [0.717, 1.165) is 5.56 Å². The van der Waals surface area contributed by atoms with E-state index in [4.69, 9.17) is 9.84 Å². The van der Waals surface area contributed by atoms with Crippen molar-refractivity contribution in [3.05, 3.63) is 29.8 Å². The number of thioether (sulfide) groups is 1. The van der Waals surface area contributed by atoms with Crippen LogP contribution in [0.25, 0.3) is 0 Å². The Bertz CT molecular complexity index is 509. The lowest BCUT2D eigenvalue weighted by Crippen LogP contribution is -2.44. The smallest absolute Gasteiger partial charge is 0.327 e. The third-order valence-electron chi connectivity index (χ3n) is 2.99. The summed E-state index contributed by atoms with van der Waals surface area (Å²) in [5, 5.41) is 11.8. The zero-order valence-electron chi connectivity index (χ0n) is 11.0. The molecular formula is C13H16N2O4S. The van der Waals surface area contributed by atoms with Gasteiger partial charge >= 0.3 is 12.0 Å². The molecule has 1 aromatic carbocycles. The number of carboxylic acids is 1. The van der Waals surface area contributed by atoms with E-state index < -0.39 is 18.0 Å². The topological polar surface area (TPSA) is 78.9 Å². The number of amides is 2. The average Bonchev–Trinajstić information content (AvgIpc) is 2.91. The lowest BCUT2D eigenvalue weighted by atomic mass is 10.2. The summed E-state index contributed by atoms with van der Waals surface area (Å²) in [6.07, 6.45) is 0. The Labute approximate surface area is 121 Å². The minimum absolute atomic E-state index is 0.383. The zero-order valence-corrected chi connectivity index (χ0v) is 11.9. The monoisotopic (exact) mass is 296 g/mol. The molecular weight excluding hydrogens is 280 g/mol. The van der Waals surface area contributed by atoms with Gasteiger partial charge in [-0.15, -0.1) is 11.8 Å². The number of carbonyl (C=O) groups is 2. The van der Waals surface area contributed by atoms with E-state index in [2.05, 4.69) is 5.32 Å². The number of carbonyl (C=O) groups excluding carboxylic acids is 1. The molecule has 1 fully saturated rings. The predicted octanol–water partition coefficient (Wildman–Crippen LogP) is 1.82. The molecule has 1 unspecified atom stereocenters. The third-order valence-corrected chi connectivity index (χ3v) is 4.00. The van der Waals surface area contributed by atoms with Crippen LogP contribution in [-0.2, 0) is 16.1 Å². The second-order valence-electron chi connectivity index (χ2n) is 4.34. The quantitative estimate of drug-likeness (QED) is 0.886. The molecule has 1 aliphatic heterocycles. The van der Waals surface area contributed by atoms with Crippen LogP contribution in [-0.4, -0.2) is 46.8 Å². The Morgan fingerprint density at radius 2 is 2.25 bits per heavy atom. The first-order valence-corrected chi connectivity index (χ1v) is 7.24. The number of nitrogens with zero attached hydrogens (tertiary/aromatic N) is 1. The number of nitrogens with one attached hydrogen (secondary N) is 1. The van der Waals surface area contributed by atoms with Gasteiger partial charge in [0.25, 0.3) is 0 Å². The molecule has 0 bridgehead atoms. The first-order valence-electron chi connectivity index (χ1n) is 6.08. The molecule has 2 rings (SSSR count). The molecule has 1 heterocycles. The van der Waals surface area contributed by atoms with Crippen molar-refractivity contribution in [2.45, 2.75) is 12.6 Å². The normalized spacial score (nSPS) is 18.1. The van der Waals surface area contributed by atoms with Crippen LogP contribution in [0.3, 0.4) is 0 Å². The van der Waals surface area contributed by atoms with E-state index in [9.17, 15) is 9.59 Å². The number of aliphatic carboxylic acids is 1. The summed E-state index contributed by atoms with van der Waals surface area (Å²) in [4.78, 5) is 24.6. The molecule has 7 heteroatoms. The Morgan fingerprint density at radius 1 is 1.50 bits per heavy atom. The fraction of sp³-hybridized carbons (Fsp3) is 0.385. The summed E-state index contributed by atoms with van der Waals surface area (Å²) in [7, 11) is 1.58. The van der Waals surface area contributed by atoms with Crippen LogP contribution in [0.15, 0.2) is 24.3 Å². The Morgan fingerprint density at radius 3 is 2.95 bits per heavy atom. The van der Waals surface area contributed by atoms with Crippen molar-refractivity contribution < 1.29 is 19.4 Å². The van der Waals surface area contributed by atoms with Gasteiger partial charge in [-0.05, 0) is 6.07 Å². The highest BCUT2D eigenvalue weighted by Crippen LogP contribution is 2.23. The van der Waals surface area contributed by atoms with Crippen molar-refractivity contribution >= 4 is 29.4 Å². The molecule has 2 amide bonds. The molecule has 0 spiro atoms. The number of benzene rings is 1. The first-order chi connectivity index (χ1) is 9.63. The summed E-state index contributed by atoms with van der Waals surface area (Å²) in [5.41, 5.74) is 1.49. The predicted molar refractivity (Wildman–Crippen MR) is 76.8 cm³/mol. The van der Waals surface area contributed by atoms with Gasteiger partial charge in [0.2, 0.25) is 0 Å². The van der Waals surface area contributed by atoms with Gasteiger partial charge < -0.3 is 20.1 Å². The summed E-state index contributed by atoms with van der Waals surface area (Å²) in [6, 6.07) is 6.12. The van der Waals surface area contributed by atoms with Crippen molar-refractivity contribution in [3.63, 3.8) is 0 Å². The van der Waals surface area contributed by atoms with Crippen LogP contribution in [0.2, 0.25) is 0 Å². The number of para-hydroxylation sites is 1. The number of carboxylic acid groups (broad SMARTS) is 1. The number of methoxy groups -OCH3 is 1. The highest BCUT2D eigenvalue weighted by molar-refractivity contribution is 7.99. The molecule has 0 saturated carbocycles. The van der Waals surface area contributed by atoms with Gasteiger partial charge in [-0.25, -0.2) is 9.59 Å². The first kappa shape index (κ1) is 14.7. The molecule has 0 aromatic heterocycles. The number of hydrogen-bond acceptors (Lipinski definition) is 4. The maximum absolute atomic E-state index is 12.2. The molecule has 108 valence electrons. The highest BCUT2D eigenvalue weighted by atomic mass is 32.2. The zero-order chi connectivity index (χ0) is 14.5. The van der Waals surface area contributed by atoms with Crippen LogP contribution >= 0.6 is 11.8 Å². The van der Waals surface area contributed by atoms with Crippen LogP contribution in [0.5, 0.6) is 0 Å². The molecule has 6 nitrogen and oxygen atoms in total. The summed E-state index contributed by atoms with van der Waals surface area (Å²) < 4.78 is 5.07. The lowest BCUT2D eigenvalue weighted by molar-refractivity contribution is -0.140. The lowest BCUT2D eigenvalue weighted by Gasteiger charge is -2.21. The van der Waals surface area contributed by atoms with E-state index in [1.165, 1.54) is 16.7 Å². The molecule has 1 atom stereocenters. The van der Waals surface area contributed by atoms with Crippen LogP contribution in [0.1, 0.15) is 5.56 Å². The minimum atomic E-state index is -0.977. The molecule has 1 saturated heterocycles. The standard InChI is InChI=1S/C13H16N2O4S/c1-19-6-9-4-2-3-5-10(9)14-13(18)15-8-20-7-11(15)12(16)17/h2-5,11H,6-8H2,1H3,(H,14,18)(H,16,17). The number of urea groups is 1. The van der Waals surface area contributed by atoms with E-state index in [1.54, 1.807) is 13.2 Å². The molecule has 0 aliphatic carbocycles. The fourth-order valence-electron chi connectivity index (χ4n) is 1.96. The van der Waals surface area contributed by atoms with Gasteiger partial charge in [0, 0.05) is 24.1 Å². The number of anilines is 1. The number of ether oxygens (including phenoxy) is 1. The van der Waals surface area contributed by atoms with E-state index >= 15 is 0 Å². The SMILES string of the molecule is COCc1ccccc1NC(=O)N1CSCC1C(=O)O. The van der Waals surface area contributed by atoms with Gasteiger partial charge in [-0.1, -0.05) is 18.2 Å². The van der Waals surface area contributed by atoms with Crippen LogP contribution < -0.4 is 5.32 Å². The van der Waals surface area contributed by atoms with Gasteiger partial charge in [-0.3, -0.25) is 0 Å². The summed E-state index contributed by atoms with van der Waals surface area (Å²) in [6.45, 7) is 0.383. The van der Waals surface area contributed by atoms with E-state index in [-0.39, 0.29) is 0 Å². The minimum Gasteiger partial charge on any atom is -0.480 e. The Balaban J connectivity index is 2.10. The van der Waals surface area contributed by atoms with Crippen molar-refractivity contribution in [2.75, 3.05) is 24.1 Å². The molecule has 1 aliphatic rings. The molecule has 0 radical (unpaired) electrons. The number of hydrogen-bond donors (Lipinski definition) is 2. The third kappa shape index (κ3) is 3.23. The van der Waals surface area contributed by atoms with E-state index in [1.807, 2.05) is 18.2 Å². The summed E-state index contributed by atoms with van der Waals surface area (Å²) >= 11 is 1.43. The second-order valence-corrected chi connectivity index (χ2v) is 5.34. The Hall–Kier alpha value is -1.73. The number of rotatable bonds is 4. The van der Waals surface area contributed by atoms with Gasteiger partial charge in [0.15, 0.2) is 0 Å². The average molecular weight is 296 g/mol. The second kappa shape index (κ2) is 6.62. The molecule has 1 aromatic rings. The maximum Gasteiger partial charge on any atom is 0.327 e. The van der Waals surface area contributed by atoms with E-state index in [0.29, 0.717) is 23.9 Å². The van der Waals surface area contributed by atoms with Gasteiger partial charge in [-0.2, -0.15) is 0 Å². The maximum atomic E-state index is 12.2. The Kier molecular flexibility index (Phi) is 4.86. The van der Waals surface area contributed by atoms with Crippen molar-refractivity contribution in [2.24, 2.45) is 0 Å². The van der Waals surface area contributed by atoms with Crippen LogP contribution in [0, 0.1) is 0 Å². The highest BCUT2D eigenvalue weighted by Gasteiger charge is 2.34. The van der Waals surface area contributed by atoms with Crippen molar-refractivity contribution in [1.82, 2.24) is 4.90 Å². The fourth-order valence-corrected chi connectivity index (χ4v) is 3.10. The molecule has 2 N–H and O–H groups in total. The van der Waals surface area contributed by atoms with Crippen LogP contribution in [0.4, 0.5) is 10.5 Å². The van der Waals surface area contributed by atoms with Crippen molar-refractivity contribution in [3.8, 4) is 0 Å². The molecule has 20 heavy (non-hydrogen) atoms. The van der Waals surface area contributed by atoms with Gasteiger partial charge in [0.05, 0.1) is 12.5 Å². The van der Waals surface area contributed by atoms with Crippen molar-refractivity contribution in [1.29, 1.82) is 0 Å².